The van der Waals surface area contributed by atoms with E-state index < -0.39 is 12.1 Å². The summed E-state index contributed by atoms with van der Waals surface area (Å²) in [6, 6.07) is 14.7. The molecule has 0 spiro atoms. The Labute approximate surface area is 213 Å². The van der Waals surface area contributed by atoms with Crippen LogP contribution in [0.1, 0.15) is 48.5 Å². The van der Waals surface area contributed by atoms with Crippen molar-refractivity contribution in [2.75, 3.05) is 25.0 Å². The highest BCUT2D eigenvalue weighted by Crippen LogP contribution is 2.38. The average Bonchev–Trinajstić information content (AvgIpc) is 3.60. The summed E-state index contributed by atoms with van der Waals surface area (Å²) in [5, 5.41) is 13.9. The average molecular weight is 519 g/mol. The first kappa shape index (κ1) is 26.7. The molecule has 10 heteroatoms. The smallest absolute Gasteiger partial charge is 0.475 e. The van der Waals surface area contributed by atoms with Gasteiger partial charge in [-0.2, -0.15) is 13.2 Å². The highest BCUT2D eigenvalue weighted by atomic mass is 19.4. The summed E-state index contributed by atoms with van der Waals surface area (Å²) >= 11 is 0. The Morgan fingerprint density at radius 1 is 1.08 bits per heavy atom. The van der Waals surface area contributed by atoms with Crippen molar-refractivity contribution in [1.82, 2.24) is 9.60 Å². The molecule has 2 fully saturated rings. The van der Waals surface area contributed by atoms with Gasteiger partial charge in [0.25, 0.3) is 5.91 Å². The van der Waals surface area contributed by atoms with Crippen LogP contribution in [0.2, 0.25) is 0 Å². The van der Waals surface area contributed by atoms with Gasteiger partial charge in [0.1, 0.15) is 18.7 Å². The number of carbonyl (C=O) groups excluding carboxylic acids is 1. The van der Waals surface area contributed by atoms with Crippen molar-refractivity contribution in [3.05, 3.63) is 59.9 Å². The number of anilines is 1. The first-order valence-electron chi connectivity index (χ1n) is 12.4. The fourth-order valence-electron chi connectivity index (χ4n) is 5.35. The molecule has 2 aliphatic heterocycles. The molecule has 3 aromatic rings. The molecule has 198 valence electrons. The highest BCUT2D eigenvalue weighted by Gasteiger charge is 2.45. The van der Waals surface area contributed by atoms with E-state index in [1.54, 1.807) is 12.3 Å². The predicted octanol–water partition coefficient (Wildman–Crippen LogP) is 6.13. The SMILES string of the molecule is Cc1cc([N+]2(N3CCC[C@@H]3C)CCCC2)ccc1NC(=O)c1ccc2ccoc2c1.O=C(O)C(F)(F)F. The van der Waals surface area contributed by atoms with E-state index in [-0.39, 0.29) is 5.91 Å². The van der Waals surface area contributed by atoms with Gasteiger partial charge in [-0.05, 0) is 56.5 Å². The summed E-state index contributed by atoms with van der Waals surface area (Å²) < 4.78 is 38.2. The zero-order valence-corrected chi connectivity index (χ0v) is 20.8. The van der Waals surface area contributed by atoms with E-state index in [1.165, 1.54) is 51.0 Å². The maximum Gasteiger partial charge on any atom is 0.490 e. The van der Waals surface area contributed by atoms with Gasteiger partial charge in [-0.3, -0.25) is 4.79 Å². The van der Waals surface area contributed by atoms with Crippen LogP contribution in [0.15, 0.2) is 53.1 Å². The monoisotopic (exact) mass is 518 g/mol. The summed E-state index contributed by atoms with van der Waals surface area (Å²) in [4.78, 5) is 21.7. The second kappa shape index (κ2) is 10.5. The molecule has 0 unspecified atom stereocenters. The normalized spacial score (nSPS) is 19.4. The van der Waals surface area contributed by atoms with E-state index in [1.807, 2.05) is 18.2 Å². The van der Waals surface area contributed by atoms with Crippen molar-refractivity contribution in [2.45, 2.75) is 51.7 Å². The minimum Gasteiger partial charge on any atom is -0.475 e. The molecular formula is C27H31F3N3O4+. The number of alkyl halides is 3. The molecule has 2 saturated heterocycles. The van der Waals surface area contributed by atoms with E-state index in [0.717, 1.165) is 26.8 Å². The Balaban J connectivity index is 0.000000405. The molecule has 0 bridgehead atoms. The number of nitrogens with zero attached hydrogens (tertiary/aromatic N) is 2. The maximum absolute atomic E-state index is 12.8. The number of carboxylic acids is 1. The number of fused-ring (bicyclic) bond motifs is 1. The summed E-state index contributed by atoms with van der Waals surface area (Å²) in [5.41, 5.74) is 4.67. The molecule has 1 amide bonds. The summed E-state index contributed by atoms with van der Waals surface area (Å²) in [7, 11) is 0. The predicted molar refractivity (Wildman–Crippen MR) is 135 cm³/mol. The number of carboxylic acid groups (broad SMARTS) is 1. The number of nitrogens with one attached hydrogen (secondary N) is 1. The minimum atomic E-state index is -5.08. The number of amides is 1. The van der Waals surface area contributed by atoms with Gasteiger partial charge in [0, 0.05) is 48.2 Å². The zero-order valence-electron chi connectivity index (χ0n) is 20.8. The van der Waals surface area contributed by atoms with Gasteiger partial charge in [-0.15, -0.1) is 5.01 Å². The number of rotatable bonds is 4. The van der Waals surface area contributed by atoms with Crippen LogP contribution in [0, 0.1) is 6.92 Å². The Kier molecular flexibility index (Phi) is 7.61. The van der Waals surface area contributed by atoms with E-state index in [0.29, 0.717) is 11.6 Å². The van der Waals surface area contributed by atoms with Crippen LogP contribution >= 0.6 is 0 Å². The number of benzene rings is 2. The van der Waals surface area contributed by atoms with E-state index in [9.17, 15) is 18.0 Å². The minimum absolute atomic E-state index is 0.109. The number of halogens is 3. The number of aryl methyl sites for hydroxylation is 1. The number of furan rings is 1. The largest absolute Gasteiger partial charge is 0.490 e. The summed E-state index contributed by atoms with van der Waals surface area (Å²) in [6.07, 6.45) is 1.68. The molecule has 0 saturated carbocycles. The van der Waals surface area contributed by atoms with Gasteiger partial charge >= 0.3 is 12.1 Å². The van der Waals surface area contributed by atoms with Gasteiger partial charge in [-0.25, -0.2) is 9.39 Å². The van der Waals surface area contributed by atoms with E-state index >= 15 is 0 Å². The molecule has 3 heterocycles. The molecule has 1 aromatic heterocycles. The maximum atomic E-state index is 12.8. The number of aliphatic carboxylic acids is 1. The summed E-state index contributed by atoms with van der Waals surface area (Å²) in [5.74, 6) is -2.87. The lowest BCUT2D eigenvalue weighted by Crippen LogP contribution is -2.61. The van der Waals surface area contributed by atoms with Gasteiger partial charge in [0.15, 0.2) is 5.69 Å². The van der Waals surface area contributed by atoms with Gasteiger partial charge in [-0.1, -0.05) is 6.07 Å². The third-order valence-electron chi connectivity index (χ3n) is 7.22. The molecule has 0 radical (unpaired) electrons. The van der Waals surface area contributed by atoms with Crippen molar-refractivity contribution in [1.29, 1.82) is 0 Å². The molecule has 0 aliphatic carbocycles. The lowest BCUT2D eigenvalue weighted by Gasteiger charge is -2.43. The van der Waals surface area contributed by atoms with Crippen molar-refractivity contribution in [2.24, 2.45) is 0 Å². The molecule has 2 aromatic carbocycles. The first-order valence-corrected chi connectivity index (χ1v) is 12.4. The van der Waals surface area contributed by atoms with Crippen molar-refractivity contribution < 1.29 is 32.3 Å². The Hall–Kier alpha value is -3.37. The summed E-state index contributed by atoms with van der Waals surface area (Å²) in [6.45, 7) is 7.99. The molecule has 37 heavy (non-hydrogen) atoms. The van der Waals surface area contributed by atoms with Crippen LogP contribution < -0.4 is 9.91 Å². The Bertz CT molecular complexity index is 1280. The third kappa shape index (κ3) is 5.65. The zero-order chi connectivity index (χ0) is 26.8. The van der Waals surface area contributed by atoms with Gasteiger partial charge < -0.3 is 14.8 Å². The lowest BCUT2D eigenvalue weighted by molar-refractivity contribution is -0.192. The Morgan fingerprint density at radius 3 is 2.38 bits per heavy atom. The fraction of sp³-hybridized carbons (Fsp3) is 0.407. The number of hydrogen-bond donors (Lipinski definition) is 2. The van der Waals surface area contributed by atoms with Crippen molar-refractivity contribution in [3.63, 3.8) is 0 Å². The number of hydrogen-bond acceptors (Lipinski definition) is 4. The fourth-order valence-corrected chi connectivity index (χ4v) is 5.35. The van der Waals surface area contributed by atoms with Crippen LogP contribution in [0.5, 0.6) is 0 Å². The molecule has 2 N–H and O–H groups in total. The molecule has 2 aliphatic rings. The van der Waals surface area contributed by atoms with E-state index in [4.69, 9.17) is 14.3 Å². The van der Waals surface area contributed by atoms with Crippen molar-refractivity contribution >= 4 is 34.2 Å². The van der Waals surface area contributed by atoms with Crippen molar-refractivity contribution in [3.8, 4) is 0 Å². The van der Waals surface area contributed by atoms with E-state index in [2.05, 4.69) is 42.4 Å². The van der Waals surface area contributed by atoms with Gasteiger partial charge in [0.2, 0.25) is 0 Å². The topological polar surface area (TPSA) is 82.8 Å². The highest BCUT2D eigenvalue weighted by molar-refractivity contribution is 6.06. The quantitative estimate of drug-likeness (QED) is 0.406. The van der Waals surface area contributed by atoms with Crippen LogP contribution in [0.25, 0.3) is 11.0 Å². The van der Waals surface area contributed by atoms with Crippen LogP contribution in [0.3, 0.4) is 0 Å². The number of carbonyl (C=O) groups is 2. The van der Waals surface area contributed by atoms with Gasteiger partial charge in [0.05, 0.1) is 12.3 Å². The lowest BCUT2D eigenvalue weighted by atomic mass is 10.1. The molecule has 1 atom stereocenters. The molecular weight excluding hydrogens is 487 g/mol. The third-order valence-corrected chi connectivity index (χ3v) is 7.22. The molecule has 7 nitrogen and oxygen atoms in total. The molecule has 5 rings (SSSR count). The standard InChI is InChI=1S/C25H29N3O2.C2HF3O2/c1-18-16-22(28(13-3-4-14-28)27-12-5-6-19(27)2)9-10-23(18)26-25(29)21-8-7-20-11-15-30-24(20)17-21;3-2(4,5)1(6)7/h7-11,15-17,19H,3-6,12-14H2,1-2H3;(H,6,7)/p+1/t19-;/m0./s1. The first-order chi connectivity index (χ1) is 17.5. The number of quaternary nitrogens is 1. The second-order valence-corrected chi connectivity index (χ2v) is 9.66. The Morgan fingerprint density at radius 2 is 1.78 bits per heavy atom. The van der Waals surface area contributed by atoms with Crippen LogP contribution in [0.4, 0.5) is 24.5 Å². The second-order valence-electron chi connectivity index (χ2n) is 9.66. The van der Waals surface area contributed by atoms with Crippen LogP contribution in [-0.2, 0) is 4.79 Å². The van der Waals surface area contributed by atoms with Crippen LogP contribution in [-0.4, -0.2) is 53.8 Å².